The van der Waals surface area contributed by atoms with Crippen molar-refractivity contribution in [2.45, 2.75) is 32.5 Å². The molecule has 0 spiro atoms. The molecule has 9 nitrogen and oxygen atoms in total. The summed E-state index contributed by atoms with van der Waals surface area (Å²) in [4.78, 5) is 48.9. The van der Waals surface area contributed by atoms with Gasteiger partial charge in [-0.25, -0.2) is 14.8 Å². The first-order valence-electron chi connectivity index (χ1n) is 9.87. The number of aromatic amines is 1. The number of pyridine rings is 1. The minimum absolute atomic E-state index is 0.0158. The average Bonchev–Trinajstić information content (AvgIpc) is 2.74. The molecule has 0 aliphatic carbocycles. The maximum Gasteiger partial charge on any atom is 0.421 e. The summed E-state index contributed by atoms with van der Waals surface area (Å²) in [5.74, 6) is 0.324. The average molecular weight is 453 g/mol. The lowest BCUT2D eigenvalue weighted by atomic mass is 10.1. The molecule has 0 bridgehead atoms. The first kappa shape index (κ1) is 23.2. The quantitative estimate of drug-likeness (QED) is 0.692. The summed E-state index contributed by atoms with van der Waals surface area (Å²) in [7, 11) is 0. The van der Waals surface area contributed by atoms with E-state index in [0.29, 0.717) is 37.7 Å². The van der Waals surface area contributed by atoms with Crippen molar-refractivity contribution < 1.29 is 27.5 Å². The van der Waals surface area contributed by atoms with E-state index in [1.807, 2.05) is 4.90 Å². The highest BCUT2D eigenvalue weighted by molar-refractivity contribution is 5.93. The lowest BCUT2D eigenvalue weighted by Crippen LogP contribution is -2.50. The third-order valence-electron chi connectivity index (χ3n) is 4.96. The summed E-state index contributed by atoms with van der Waals surface area (Å²) < 4.78 is 44.0. The lowest BCUT2D eigenvalue weighted by molar-refractivity contribution is -0.138. The van der Waals surface area contributed by atoms with Gasteiger partial charge in [0, 0.05) is 51.2 Å². The second kappa shape index (κ2) is 9.37. The number of ether oxygens (including phenoxy) is 1. The zero-order chi connectivity index (χ0) is 23.5. The Morgan fingerprint density at radius 2 is 1.81 bits per heavy atom. The highest BCUT2D eigenvalue weighted by Gasteiger charge is 2.34. The van der Waals surface area contributed by atoms with Crippen LogP contribution in [0.3, 0.4) is 0 Å². The molecule has 1 amide bonds. The first-order chi connectivity index (χ1) is 15.0. The van der Waals surface area contributed by atoms with Crippen LogP contribution in [0.1, 0.15) is 35.3 Å². The van der Waals surface area contributed by atoms with Gasteiger partial charge in [0.1, 0.15) is 11.7 Å². The number of hydrogen-bond donors (Lipinski definition) is 1. The van der Waals surface area contributed by atoms with Crippen molar-refractivity contribution in [3.8, 4) is 0 Å². The maximum absolute atomic E-state index is 12.9. The lowest BCUT2D eigenvalue weighted by Gasteiger charge is -2.34. The number of aromatic nitrogens is 3. The number of nitrogens with zero attached hydrogens (tertiary/aromatic N) is 4. The number of halogens is 3. The van der Waals surface area contributed by atoms with Crippen LogP contribution < -0.4 is 10.5 Å². The Hall–Kier alpha value is -3.44. The molecule has 3 rings (SSSR count). The molecule has 3 heterocycles. The van der Waals surface area contributed by atoms with Gasteiger partial charge in [-0.3, -0.25) is 9.59 Å². The largest absolute Gasteiger partial charge is 0.446 e. The van der Waals surface area contributed by atoms with Crippen LogP contribution in [0.25, 0.3) is 0 Å². The molecule has 172 valence electrons. The van der Waals surface area contributed by atoms with Crippen molar-refractivity contribution in [2.24, 2.45) is 0 Å². The number of carbonyl (C=O) groups excluding carboxylic acids is 2. The topological polar surface area (TPSA) is 108 Å². The molecule has 1 aliphatic rings. The summed E-state index contributed by atoms with van der Waals surface area (Å²) in [6.45, 7) is 4.60. The molecular formula is C20H22F3N5O4. The number of alkyl halides is 3. The Balaban J connectivity index is 1.52. The number of hydrogen-bond acceptors (Lipinski definition) is 7. The van der Waals surface area contributed by atoms with E-state index in [-0.39, 0.29) is 17.8 Å². The van der Waals surface area contributed by atoms with Crippen LogP contribution in [0.2, 0.25) is 0 Å². The monoisotopic (exact) mass is 453 g/mol. The summed E-state index contributed by atoms with van der Waals surface area (Å²) in [5, 5.41) is 0. The number of H-pyrrole nitrogens is 1. The van der Waals surface area contributed by atoms with E-state index in [0.717, 1.165) is 6.07 Å². The van der Waals surface area contributed by atoms with Gasteiger partial charge in [0.2, 0.25) is 5.95 Å². The molecule has 1 unspecified atom stereocenters. The van der Waals surface area contributed by atoms with Crippen molar-refractivity contribution in [2.75, 3.05) is 31.1 Å². The fourth-order valence-corrected chi connectivity index (χ4v) is 3.23. The van der Waals surface area contributed by atoms with Crippen molar-refractivity contribution in [1.82, 2.24) is 19.9 Å². The number of ketones is 1. The molecule has 1 aliphatic heterocycles. The zero-order valence-corrected chi connectivity index (χ0v) is 17.5. The Bertz CT molecular complexity index is 1030. The van der Waals surface area contributed by atoms with E-state index < -0.39 is 29.5 Å². The third-order valence-corrected chi connectivity index (χ3v) is 4.96. The molecular weight excluding hydrogens is 431 g/mol. The molecule has 32 heavy (non-hydrogen) atoms. The van der Waals surface area contributed by atoms with Gasteiger partial charge in [-0.1, -0.05) is 0 Å². The molecule has 1 saturated heterocycles. The van der Waals surface area contributed by atoms with Gasteiger partial charge in [-0.2, -0.15) is 13.2 Å². The minimum atomic E-state index is -4.76. The fraction of sp³-hybridized carbons (Fsp3) is 0.450. The molecule has 1 fully saturated rings. The molecule has 0 aromatic carbocycles. The van der Waals surface area contributed by atoms with Gasteiger partial charge in [-0.05, 0) is 25.5 Å². The van der Waals surface area contributed by atoms with Crippen molar-refractivity contribution in [1.29, 1.82) is 0 Å². The standard InChI is InChI=1S/C20H22F3N5O4/c1-12(7-14-8-16(20(21,22)23)17(30)24-9-14)32-19(31)28-5-3-27(4-6-28)18-25-10-15(11-26-18)13(2)29/h8-12H,3-7H2,1-2H3,(H,24,30). The van der Waals surface area contributed by atoms with Crippen molar-refractivity contribution in [3.05, 3.63) is 51.7 Å². The third kappa shape index (κ3) is 5.62. The normalized spacial score (nSPS) is 15.4. The molecule has 2 aromatic rings. The van der Waals surface area contributed by atoms with E-state index >= 15 is 0 Å². The van der Waals surface area contributed by atoms with E-state index in [4.69, 9.17) is 4.74 Å². The van der Waals surface area contributed by atoms with Gasteiger partial charge in [-0.15, -0.1) is 0 Å². The van der Waals surface area contributed by atoms with Gasteiger partial charge in [0.15, 0.2) is 5.78 Å². The predicted molar refractivity (Wildman–Crippen MR) is 108 cm³/mol. The van der Waals surface area contributed by atoms with E-state index in [9.17, 15) is 27.6 Å². The van der Waals surface area contributed by atoms with Gasteiger partial charge < -0.3 is 19.5 Å². The van der Waals surface area contributed by atoms with Crippen LogP contribution in [0.15, 0.2) is 29.5 Å². The number of carbonyl (C=O) groups is 2. The van der Waals surface area contributed by atoms with E-state index in [1.54, 1.807) is 6.92 Å². The number of anilines is 1. The number of Topliss-reactive ketones (excluding diaryl/α,β-unsaturated/α-hetero) is 1. The van der Waals surface area contributed by atoms with Crippen LogP contribution in [0, 0.1) is 0 Å². The van der Waals surface area contributed by atoms with Gasteiger partial charge in [0.05, 0.1) is 5.56 Å². The van der Waals surface area contributed by atoms with E-state index in [2.05, 4.69) is 15.0 Å². The first-order valence-corrected chi connectivity index (χ1v) is 9.87. The highest BCUT2D eigenvalue weighted by Crippen LogP contribution is 2.27. The Morgan fingerprint density at radius 1 is 1.19 bits per heavy atom. The Kier molecular flexibility index (Phi) is 6.80. The zero-order valence-electron chi connectivity index (χ0n) is 17.5. The smallest absolute Gasteiger partial charge is 0.421 e. The van der Waals surface area contributed by atoms with E-state index in [1.165, 1.54) is 30.4 Å². The minimum Gasteiger partial charge on any atom is -0.446 e. The van der Waals surface area contributed by atoms with Crippen LogP contribution in [0.5, 0.6) is 0 Å². The number of nitrogens with one attached hydrogen (secondary N) is 1. The molecule has 1 atom stereocenters. The highest BCUT2D eigenvalue weighted by atomic mass is 19.4. The molecule has 12 heteroatoms. The van der Waals surface area contributed by atoms with Crippen LogP contribution in [-0.2, 0) is 17.3 Å². The SMILES string of the molecule is CC(=O)c1cnc(N2CCN(C(=O)OC(C)Cc3c[nH]c(=O)c(C(F)(F)F)c3)CC2)nc1. The van der Waals surface area contributed by atoms with Crippen LogP contribution in [0.4, 0.5) is 23.9 Å². The number of amides is 1. The summed E-state index contributed by atoms with van der Waals surface area (Å²) in [6, 6.07) is 0.763. The molecule has 2 aromatic heterocycles. The van der Waals surface area contributed by atoms with Crippen molar-refractivity contribution >= 4 is 17.8 Å². The molecule has 1 N–H and O–H groups in total. The number of piperazine rings is 1. The maximum atomic E-state index is 12.9. The van der Waals surface area contributed by atoms with Gasteiger partial charge >= 0.3 is 12.3 Å². The summed E-state index contributed by atoms with van der Waals surface area (Å²) in [6.07, 6.45) is -1.94. The Labute approximate surface area is 181 Å². The fourth-order valence-electron chi connectivity index (χ4n) is 3.23. The van der Waals surface area contributed by atoms with Crippen LogP contribution in [-0.4, -0.2) is 64.0 Å². The second-order valence-corrected chi connectivity index (χ2v) is 7.45. The van der Waals surface area contributed by atoms with Crippen molar-refractivity contribution in [3.63, 3.8) is 0 Å². The van der Waals surface area contributed by atoms with Crippen LogP contribution >= 0.6 is 0 Å². The second-order valence-electron chi connectivity index (χ2n) is 7.45. The summed E-state index contributed by atoms with van der Waals surface area (Å²) >= 11 is 0. The Morgan fingerprint density at radius 3 is 2.38 bits per heavy atom. The molecule has 0 radical (unpaired) electrons. The summed E-state index contributed by atoms with van der Waals surface area (Å²) in [5.41, 5.74) is -1.89. The van der Waals surface area contributed by atoms with Gasteiger partial charge in [0.25, 0.3) is 5.56 Å². The predicted octanol–water partition coefficient (Wildman–Crippen LogP) is 2.28. The molecule has 0 saturated carbocycles. The number of rotatable bonds is 5.